The lowest BCUT2D eigenvalue weighted by atomic mass is 10.1. The number of carboxylic acids is 1. The average Bonchev–Trinajstić information content (AvgIpc) is 2.47. The molecular formula is C9H16N2O3. The first-order valence-electron chi connectivity index (χ1n) is 4.80. The first kappa shape index (κ1) is 11.0. The predicted octanol–water partition coefficient (Wildman–Crippen LogP) is -0.342. The third kappa shape index (κ3) is 3.74. The number of hydrogen-bond donors (Lipinski definition) is 2. The van der Waals surface area contributed by atoms with Crippen LogP contribution >= 0.6 is 0 Å². The van der Waals surface area contributed by atoms with E-state index >= 15 is 0 Å². The number of primary amides is 1. The molecule has 1 aliphatic rings. The third-order valence-corrected chi connectivity index (χ3v) is 2.51. The van der Waals surface area contributed by atoms with Crippen molar-refractivity contribution >= 4 is 11.9 Å². The van der Waals surface area contributed by atoms with Crippen molar-refractivity contribution < 1.29 is 14.7 Å². The highest BCUT2D eigenvalue weighted by molar-refractivity contribution is 5.73. The normalized spacial score (nSPS) is 22.4. The van der Waals surface area contributed by atoms with Gasteiger partial charge in [-0.3, -0.25) is 9.59 Å². The Bertz CT molecular complexity index is 230. The topological polar surface area (TPSA) is 83.6 Å². The van der Waals surface area contributed by atoms with Crippen LogP contribution in [-0.4, -0.2) is 41.5 Å². The van der Waals surface area contributed by atoms with Crippen molar-refractivity contribution in [3.63, 3.8) is 0 Å². The number of carboxylic acid groups (broad SMARTS) is 1. The van der Waals surface area contributed by atoms with Crippen molar-refractivity contribution in [1.29, 1.82) is 0 Å². The lowest BCUT2D eigenvalue weighted by Gasteiger charge is -2.13. The summed E-state index contributed by atoms with van der Waals surface area (Å²) >= 11 is 0. The number of carbonyl (C=O) groups excluding carboxylic acids is 1. The fourth-order valence-electron chi connectivity index (χ4n) is 1.80. The van der Waals surface area contributed by atoms with Gasteiger partial charge < -0.3 is 15.7 Å². The molecule has 1 rings (SSSR count). The molecule has 0 bridgehead atoms. The van der Waals surface area contributed by atoms with E-state index < -0.39 is 5.97 Å². The lowest BCUT2D eigenvalue weighted by molar-refractivity contribution is -0.138. The van der Waals surface area contributed by atoms with Gasteiger partial charge in [0.1, 0.15) is 0 Å². The Balaban J connectivity index is 2.20. The quantitative estimate of drug-likeness (QED) is 0.636. The summed E-state index contributed by atoms with van der Waals surface area (Å²) in [4.78, 5) is 23.0. The number of rotatable bonds is 5. The summed E-state index contributed by atoms with van der Waals surface area (Å²) in [5, 5.41) is 8.59. The zero-order valence-corrected chi connectivity index (χ0v) is 8.11. The Hall–Kier alpha value is -1.10. The molecule has 0 aromatic heterocycles. The monoisotopic (exact) mass is 200 g/mol. The van der Waals surface area contributed by atoms with Crippen LogP contribution in [-0.2, 0) is 9.59 Å². The standard InChI is InChI=1S/C9H16N2O3/c10-8(12)2-4-11-3-1-7(6-11)5-9(13)14/h7H,1-6H2,(H2,10,12)(H,13,14). The summed E-state index contributed by atoms with van der Waals surface area (Å²) in [6.45, 7) is 2.32. The molecule has 1 unspecified atom stereocenters. The number of carbonyl (C=O) groups is 2. The van der Waals surface area contributed by atoms with Crippen molar-refractivity contribution in [3.8, 4) is 0 Å². The maximum absolute atomic E-state index is 10.5. The van der Waals surface area contributed by atoms with Crippen LogP contribution in [0, 0.1) is 5.92 Å². The van der Waals surface area contributed by atoms with Gasteiger partial charge in [-0.2, -0.15) is 0 Å². The van der Waals surface area contributed by atoms with Crippen molar-refractivity contribution in [3.05, 3.63) is 0 Å². The van der Waals surface area contributed by atoms with E-state index in [1.54, 1.807) is 0 Å². The van der Waals surface area contributed by atoms with E-state index in [0.717, 1.165) is 19.5 Å². The zero-order valence-electron chi connectivity index (χ0n) is 8.11. The summed E-state index contributed by atoms with van der Waals surface area (Å²) < 4.78 is 0. The van der Waals surface area contributed by atoms with Crippen LogP contribution < -0.4 is 5.73 Å². The van der Waals surface area contributed by atoms with Gasteiger partial charge in [0.25, 0.3) is 0 Å². The van der Waals surface area contributed by atoms with Gasteiger partial charge in [0, 0.05) is 25.9 Å². The summed E-state index contributed by atoms with van der Waals surface area (Å²) in [6, 6.07) is 0. The number of aliphatic carboxylic acids is 1. The largest absolute Gasteiger partial charge is 0.481 e. The minimum Gasteiger partial charge on any atom is -0.481 e. The highest BCUT2D eigenvalue weighted by Gasteiger charge is 2.24. The Morgan fingerprint density at radius 2 is 2.21 bits per heavy atom. The van der Waals surface area contributed by atoms with Crippen LogP contribution in [0.15, 0.2) is 0 Å². The van der Waals surface area contributed by atoms with Crippen molar-refractivity contribution in [2.75, 3.05) is 19.6 Å². The Kier molecular flexibility index (Phi) is 3.88. The molecule has 0 aromatic carbocycles. The number of amides is 1. The Labute approximate surface area is 82.9 Å². The molecule has 5 nitrogen and oxygen atoms in total. The molecule has 0 aliphatic carbocycles. The van der Waals surface area contributed by atoms with Crippen LogP contribution in [0.5, 0.6) is 0 Å². The summed E-state index contributed by atoms with van der Waals surface area (Å²) in [6.07, 6.45) is 1.50. The van der Waals surface area contributed by atoms with Gasteiger partial charge in [-0.15, -0.1) is 0 Å². The number of hydrogen-bond acceptors (Lipinski definition) is 3. The molecule has 0 radical (unpaired) electrons. The number of nitrogens with two attached hydrogens (primary N) is 1. The maximum atomic E-state index is 10.5. The Morgan fingerprint density at radius 3 is 2.79 bits per heavy atom. The van der Waals surface area contributed by atoms with Crippen molar-refractivity contribution in [1.82, 2.24) is 4.90 Å². The lowest BCUT2D eigenvalue weighted by Crippen LogP contribution is -2.26. The van der Waals surface area contributed by atoms with Gasteiger partial charge in [-0.25, -0.2) is 0 Å². The fourth-order valence-corrected chi connectivity index (χ4v) is 1.80. The van der Waals surface area contributed by atoms with Gasteiger partial charge in [-0.1, -0.05) is 0 Å². The van der Waals surface area contributed by atoms with Gasteiger partial charge in [0.2, 0.25) is 5.91 Å². The molecule has 1 amide bonds. The van der Waals surface area contributed by atoms with E-state index in [2.05, 4.69) is 4.90 Å². The molecule has 1 fully saturated rings. The highest BCUT2D eigenvalue weighted by atomic mass is 16.4. The van der Waals surface area contributed by atoms with E-state index in [1.807, 2.05) is 0 Å². The van der Waals surface area contributed by atoms with Crippen LogP contribution in [0.1, 0.15) is 19.3 Å². The molecule has 1 heterocycles. The molecule has 0 aromatic rings. The van der Waals surface area contributed by atoms with Crippen LogP contribution in [0.3, 0.4) is 0 Å². The molecule has 1 aliphatic heterocycles. The second kappa shape index (κ2) is 4.95. The number of nitrogens with zero attached hydrogens (tertiary/aromatic N) is 1. The maximum Gasteiger partial charge on any atom is 0.303 e. The van der Waals surface area contributed by atoms with Gasteiger partial charge in [0.15, 0.2) is 0 Å². The molecule has 1 saturated heterocycles. The number of likely N-dealkylation sites (tertiary alicyclic amines) is 1. The minimum atomic E-state index is -0.744. The molecule has 5 heteroatoms. The van der Waals surface area contributed by atoms with Gasteiger partial charge >= 0.3 is 5.97 Å². The van der Waals surface area contributed by atoms with Gasteiger partial charge in [-0.05, 0) is 18.9 Å². The molecule has 14 heavy (non-hydrogen) atoms. The van der Waals surface area contributed by atoms with Crippen LogP contribution in [0.25, 0.3) is 0 Å². The smallest absolute Gasteiger partial charge is 0.303 e. The highest BCUT2D eigenvalue weighted by Crippen LogP contribution is 2.19. The third-order valence-electron chi connectivity index (χ3n) is 2.51. The first-order chi connectivity index (χ1) is 6.58. The summed E-state index contributed by atoms with van der Waals surface area (Å²) in [7, 11) is 0. The fraction of sp³-hybridized carbons (Fsp3) is 0.778. The van der Waals surface area contributed by atoms with E-state index in [1.165, 1.54) is 0 Å². The van der Waals surface area contributed by atoms with Crippen LogP contribution in [0.4, 0.5) is 0 Å². The Morgan fingerprint density at radius 1 is 1.50 bits per heavy atom. The second-order valence-corrected chi connectivity index (χ2v) is 3.77. The van der Waals surface area contributed by atoms with Crippen LogP contribution in [0.2, 0.25) is 0 Å². The average molecular weight is 200 g/mol. The summed E-state index contributed by atoms with van der Waals surface area (Å²) in [5.41, 5.74) is 5.03. The molecule has 0 saturated carbocycles. The van der Waals surface area contributed by atoms with Crippen molar-refractivity contribution in [2.24, 2.45) is 11.7 Å². The molecule has 80 valence electrons. The summed E-state index contributed by atoms with van der Waals surface area (Å²) in [5.74, 6) is -0.807. The SMILES string of the molecule is NC(=O)CCN1CCC(CC(=O)O)C1. The second-order valence-electron chi connectivity index (χ2n) is 3.77. The zero-order chi connectivity index (χ0) is 10.6. The van der Waals surface area contributed by atoms with E-state index in [4.69, 9.17) is 10.8 Å². The first-order valence-corrected chi connectivity index (χ1v) is 4.80. The van der Waals surface area contributed by atoms with E-state index in [0.29, 0.717) is 13.0 Å². The molecule has 0 spiro atoms. The molecular weight excluding hydrogens is 184 g/mol. The minimum absolute atomic E-state index is 0.229. The molecule has 3 N–H and O–H groups in total. The van der Waals surface area contributed by atoms with Crippen molar-refractivity contribution in [2.45, 2.75) is 19.3 Å². The van der Waals surface area contributed by atoms with E-state index in [-0.39, 0.29) is 18.2 Å². The van der Waals surface area contributed by atoms with Gasteiger partial charge in [0.05, 0.1) is 0 Å². The van der Waals surface area contributed by atoms with E-state index in [9.17, 15) is 9.59 Å². The predicted molar refractivity (Wildman–Crippen MR) is 50.6 cm³/mol. The molecule has 1 atom stereocenters.